The van der Waals surface area contributed by atoms with Gasteiger partial charge in [0, 0.05) is 32.4 Å². The average molecular weight is 356 g/mol. The SMILES string of the molecule is O=C(c1cccnc1Nc1ccccc1F)N1CCN2CCOCC2C1. The number of aromatic nitrogens is 1. The van der Waals surface area contributed by atoms with E-state index in [2.05, 4.69) is 15.2 Å². The molecular formula is C19H21FN4O2. The standard InChI is InChI=1S/C19H21FN4O2/c20-16-5-1-2-6-17(16)22-18-15(4-3-7-21-18)19(25)24-9-8-23-10-11-26-13-14(23)12-24/h1-7,14H,8-13H2,(H,21,22). The lowest BCUT2D eigenvalue weighted by molar-refractivity contribution is -0.0394. The Morgan fingerprint density at radius 2 is 2.08 bits per heavy atom. The zero-order chi connectivity index (χ0) is 17.9. The van der Waals surface area contributed by atoms with Crippen molar-refractivity contribution < 1.29 is 13.9 Å². The number of hydrogen-bond acceptors (Lipinski definition) is 5. The number of benzene rings is 1. The maximum absolute atomic E-state index is 13.9. The van der Waals surface area contributed by atoms with E-state index in [-0.39, 0.29) is 17.8 Å². The maximum Gasteiger partial charge on any atom is 0.257 e. The first-order chi connectivity index (χ1) is 12.7. The zero-order valence-corrected chi connectivity index (χ0v) is 14.4. The third kappa shape index (κ3) is 3.40. The summed E-state index contributed by atoms with van der Waals surface area (Å²) >= 11 is 0. The molecule has 136 valence electrons. The van der Waals surface area contributed by atoms with Gasteiger partial charge in [-0.25, -0.2) is 9.37 Å². The molecular weight excluding hydrogens is 335 g/mol. The molecule has 1 amide bonds. The third-order valence-corrected chi connectivity index (χ3v) is 4.89. The van der Waals surface area contributed by atoms with Crippen molar-refractivity contribution in [2.45, 2.75) is 6.04 Å². The van der Waals surface area contributed by atoms with Gasteiger partial charge in [-0.1, -0.05) is 12.1 Å². The van der Waals surface area contributed by atoms with Gasteiger partial charge in [-0.3, -0.25) is 9.69 Å². The summed E-state index contributed by atoms with van der Waals surface area (Å²) in [5, 5.41) is 2.95. The molecule has 0 bridgehead atoms. The predicted molar refractivity (Wildman–Crippen MR) is 96.0 cm³/mol. The first kappa shape index (κ1) is 16.9. The monoisotopic (exact) mass is 356 g/mol. The van der Waals surface area contributed by atoms with Gasteiger partial charge in [-0.2, -0.15) is 0 Å². The Bertz CT molecular complexity index is 801. The second-order valence-electron chi connectivity index (χ2n) is 6.52. The topological polar surface area (TPSA) is 57.7 Å². The fraction of sp³-hybridized carbons (Fsp3) is 0.368. The quantitative estimate of drug-likeness (QED) is 0.913. The van der Waals surface area contributed by atoms with Gasteiger partial charge in [0.2, 0.25) is 0 Å². The van der Waals surface area contributed by atoms with Crippen molar-refractivity contribution in [3.63, 3.8) is 0 Å². The minimum Gasteiger partial charge on any atom is -0.378 e. The Labute approximate surface area is 151 Å². The molecule has 1 aromatic heterocycles. The normalized spacial score (nSPS) is 20.5. The minimum absolute atomic E-state index is 0.0952. The molecule has 2 aromatic rings. The highest BCUT2D eigenvalue weighted by molar-refractivity contribution is 5.99. The molecule has 0 radical (unpaired) electrons. The van der Waals surface area contributed by atoms with E-state index in [0.717, 1.165) is 19.7 Å². The molecule has 6 nitrogen and oxygen atoms in total. The summed E-state index contributed by atoms with van der Waals surface area (Å²) in [6.45, 7) is 4.47. The van der Waals surface area contributed by atoms with E-state index in [1.165, 1.54) is 6.07 Å². The summed E-state index contributed by atoms with van der Waals surface area (Å²) < 4.78 is 19.5. The number of hydrogen-bond donors (Lipinski definition) is 1. The van der Waals surface area contributed by atoms with Crippen molar-refractivity contribution in [1.82, 2.24) is 14.8 Å². The smallest absolute Gasteiger partial charge is 0.257 e. The molecule has 2 aliphatic heterocycles. The first-order valence-electron chi connectivity index (χ1n) is 8.80. The molecule has 1 unspecified atom stereocenters. The molecule has 2 fully saturated rings. The van der Waals surface area contributed by atoms with Crippen LogP contribution in [0.2, 0.25) is 0 Å². The number of morpholine rings is 1. The van der Waals surface area contributed by atoms with E-state index in [0.29, 0.717) is 36.8 Å². The van der Waals surface area contributed by atoms with Gasteiger partial charge in [0.1, 0.15) is 11.6 Å². The van der Waals surface area contributed by atoms with E-state index in [9.17, 15) is 9.18 Å². The van der Waals surface area contributed by atoms with Crippen molar-refractivity contribution in [2.24, 2.45) is 0 Å². The predicted octanol–water partition coefficient (Wildman–Crippen LogP) is 2.12. The molecule has 2 aliphatic rings. The van der Waals surface area contributed by atoms with E-state index in [1.807, 2.05) is 4.90 Å². The van der Waals surface area contributed by atoms with Crippen LogP contribution in [0.1, 0.15) is 10.4 Å². The Kier molecular flexibility index (Phi) is 4.81. The molecule has 1 atom stereocenters. The van der Waals surface area contributed by atoms with Crippen molar-refractivity contribution >= 4 is 17.4 Å². The second-order valence-corrected chi connectivity index (χ2v) is 6.52. The second kappa shape index (κ2) is 7.39. The van der Waals surface area contributed by atoms with Crippen LogP contribution in [0.5, 0.6) is 0 Å². The number of para-hydroxylation sites is 1. The molecule has 0 aliphatic carbocycles. The number of nitrogens with zero attached hydrogens (tertiary/aromatic N) is 3. The number of carbonyl (C=O) groups excluding carboxylic acids is 1. The van der Waals surface area contributed by atoms with Gasteiger partial charge in [-0.05, 0) is 24.3 Å². The van der Waals surface area contributed by atoms with Crippen LogP contribution in [0.25, 0.3) is 0 Å². The first-order valence-corrected chi connectivity index (χ1v) is 8.80. The molecule has 0 spiro atoms. The lowest BCUT2D eigenvalue weighted by Gasteiger charge is -2.43. The van der Waals surface area contributed by atoms with E-state index >= 15 is 0 Å². The number of piperazine rings is 1. The van der Waals surface area contributed by atoms with Crippen LogP contribution in [0.3, 0.4) is 0 Å². The summed E-state index contributed by atoms with van der Waals surface area (Å²) in [5.74, 6) is -0.114. The number of nitrogens with one attached hydrogen (secondary N) is 1. The summed E-state index contributed by atoms with van der Waals surface area (Å²) in [4.78, 5) is 21.5. The van der Waals surface area contributed by atoms with Crippen LogP contribution in [0.15, 0.2) is 42.6 Å². The fourth-order valence-electron chi connectivity index (χ4n) is 3.47. The Hall–Kier alpha value is -2.51. The number of anilines is 2. The van der Waals surface area contributed by atoms with Gasteiger partial charge in [-0.15, -0.1) is 0 Å². The summed E-state index contributed by atoms with van der Waals surface area (Å²) in [5.41, 5.74) is 0.742. The van der Waals surface area contributed by atoms with E-state index < -0.39 is 0 Å². The molecule has 3 heterocycles. The fourth-order valence-corrected chi connectivity index (χ4v) is 3.47. The molecule has 0 saturated carbocycles. The van der Waals surface area contributed by atoms with Crippen molar-refractivity contribution in [3.05, 3.63) is 54.0 Å². The highest BCUT2D eigenvalue weighted by Crippen LogP contribution is 2.23. The number of ether oxygens (including phenoxy) is 1. The van der Waals surface area contributed by atoms with Crippen LogP contribution >= 0.6 is 0 Å². The highest BCUT2D eigenvalue weighted by atomic mass is 19.1. The van der Waals surface area contributed by atoms with Gasteiger partial charge < -0.3 is 15.0 Å². The number of fused-ring (bicyclic) bond motifs is 1. The largest absolute Gasteiger partial charge is 0.378 e. The average Bonchev–Trinajstić information content (AvgIpc) is 2.69. The number of rotatable bonds is 3. The lowest BCUT2D eigenvalue weighted by Crippen LogP contribution is -2.59. The molecule has 4 rings (SSSR count). The Balaban J connectivity index is 1.54. The Morgan fingerprint density at radius 3 is 2.96 bits per heavy atom. The number of amides is 1. The van der Waals surface area contributed by atoms with Crippen LogP contribution in [0, 0.1) is 5.82 Å². The summed E-state index contributed by atoms with van der Waals surface area (Å²) in [6.07, 6.45) is 1.59. The highest BCUT2D eigenvalue weighted by Gasteiger charge is 2.32. The van der Waals surface area contributed by atoms with Gasteiger partial charge in [0.15, 0.2) is 0 Å². The molecule has 7 heteroatoms. The maximum atomic E-state index is 13.9. The Morgan fingerprint density at radius 1 is 1.19 bits per heavy atom. The summed E-state index contributed by atoms with van der Waals surface area (Å²) in [6, 6.07) is 10.0. The van der Waals surface area contributed by atoms with Crippen LogP contribution in [-0.2, 0) is 4.74 Å². The summed E-state index contributed by atoms with van der Waals surface area (Å²) in [7, 11) is 0. The number of carbonyl (C=O) groups is 1. The van der Waals surface area contributed by atoms with Crippen molar-refractivity contribution in [2.75, 3.05) is 44.7 Å². The molecule has 26 heavy (non-hydrogen) atoms. The lowest BCUT2D eigenvalue weighted by atomic mass is 10.1. The van der Waals surface area contributed by atoms with E-state index in [1.54, 1.807) is 36.5 Å². The number of halogens is 1. The molecule has 2 saturated heterocycles. The van der Waals surface area contributed by atoms with Crippen molar-refractivity contribution in [3.8, 4) is 0 Å². The van der Waals surface area contributed by atoms with Gasteiger partial charge >= 0.3 is 0 Å². The third-order valence-electron chi connectivity index (χ3n) is 4.89. The van der Waals surface area contributed by atoms with Gasteiger partial charge in [0.05, 0.1) is 30.5 Å². The van der Waals surface area contributed by atoms with Crippen LogP contribution < -0.4 is 5.32 Å². The van der Waals surface area contributed by atoms with Gasteiger partial charge in [0.25, 0.3) is 5.91 Å². The molecule has 1 aromatic carbocycles. The van der Waals surface area contributed by atoms with Crippen LogP contribution in [0.4, 0.5) is 15.9 Å². The van der Waals surface area contributed by atoms with Crippen LogP contribution in [-0.4, -0.2) is 66.1 Å². The minimum atomic E-state index is -0.385. The van der Waals surface area contributed by atoms with Crippen molar-refractivity contribution in [1.29, 1.82) is 0 Å². The zero-order valence-electron chi connectivity index (χ0n) is 14.4. The van der Waals surface area contributed by atoms with E-state index in [4.69, 9.17) is 4.74 Å². The number of pyridine rings is 1. The molecule has 1 N–H and O–H groups in total.